The number of pyridine rings is 1. The van der Waals surface area contributed by atoms with Gasteiger partial charge in [-0.25, -0.2) is 0 Å². The molecule has 1 aromatic carbocycles. The average Bonchev–Trinajstić information content (AvgIpc) is 3.15. The van der Waals surface area contributed by atoms with Crippen LogP contribution in [-0.2, 0) is 4.79 Å². The topological polar surface area (TPSA) is 113 Å². The summed E-state index contributed by atoms with van der Waals surface area (Å²) < 4.78 is 0. The van der Waals surface area contributed by atoms with Gasteiger partial charge in [0.1, 0.15) is 5.69 Å². The maximum atomic E-state index is 12.0. The second-order valence-electron chi connectivity index (χ2n) is 5.64. The van der Waals surface area contributed by atoms with E-state index >= 15 is 0 Å². The summed E-state index contributed by atoms with van der Waals surface area (Å²) in [6, 6.07) is 12.0. The molecule has 0 radical (unpaired) electrons. The third kappa shape index (κ3) is 5.35. The molecule has 2 amide bonds. The minimum Gasteiger partial charge on any atom is -0.352 e. The van der Waals surface area contributed by atoms with Crippen molar-refractivity contribution in [2.24, 2.45) is 0 Å². The monoisotopic (exact) mass is 384 g/mol. The van der Waals surface area contributed by atoms with E-state index in [9.17, 15) is 9.59 Å². The molecule has 0 atom stereocenters. The van der Waals surface area contributed by atoms with E-state index in [1.807, 2.05) is 6.07 Å². The molecule has 0 unspecified atom stereocenters. The number of aromatic amines is 1. The minimum absolute atomic E-state index is 0.186. The number of benzene rings is 1. The predicted molar refractivity (Wildman–Crippen MR) is 101 cm³/mol. The summed E-state index contributed by atoms with van der Waals surface area (Å²) in [7, 11) is 0. The van der Waals surface area contributed by atoms with Crippen molar-refractivity contribution in [3.63, 3.8) is 0 Å². The quantitative estimate of drug-likeness (QED) is 0.542. The fourth-order valence-corrected chi connectivity index (χ4v) is 2.40. The van der Waals surface area contributed by atoms with E-state index in [4.69, 9.17) is 11.6 Å². The molecule has 0 saturated heterocycles. The van der Waals surface area contributed by atoms with E-state index in [0.29, 0.717) is 35.1 Å². The van der Waals surface area contributed by atoms with Crippen molar-refractivity contribution in [2.45, 2.75) is 12.8 Å². The molecule has 9 heteroatoms. The number of rotatable bonds is 7. The zero-order valence-corrected chi connectivity index (χ0v) is 15.0. The first-order valence-electron chi connectivity index (χ1n) is 8.29. The van der Waals surface area contributed by atoms with Gasteiger partial charge >= 0.3 is 0 Å². The normalized spacial score (nSPS) is 10.4. The van der Waals surface area contributed by atoms with Gasteiger partial charge in [0.15, 0.2) is 5.82 Å². The molecule has 138 valence electrons. The van der Waals surface area contributed by atoms with Crippen LogP contribution in [0.1, 0.15) is 23.2 Å². The van der Waals surface area contributed by atoms with Crippen LogP contribution >= 0.6 is 11.6 Å². The van der Waals surface area contributed by atoms with Crippen molar-refractivity contribution in [3.05, 3.63) is 59.2 Å². The number of hydrogen-bond donors (Lipinski definition) is 3. The maximum absolute atomic E-state index is 12.0. The highest BCUT2D eigenvalue weighted by Crippen LogP contribution is 2.12. The molecule has 0 fully saturated rings. The zero-order chi connectivity index (χ0) is 19.1. The number of nitrogens with zero attached hydrogens (tertiary/aromatic N) is 3. The number of carbonyl (C=O) groups excluding carboxylic acids is 2. The van der Waals surface area contributed by atoms with Crippen LogP contribution in [0.4, 0.5) is 5.95 Å². The van der Waals surface area contributed by atoms with E-state index in [1.54, 1.807) is 42.6 Å². The van der Waals surface area contributed by atoms with Gasteiger partial charge in [0.25, 0.3) is 5.91 Å². The lowest BCUT2D eigenvalue weighted by atomic mass is 10.2. The van der Waals surface area contributed by atoms with Crippen LogP contribution in [0.5, 0.6) is 0 Å². The maximum Gasteiger partial charge on any atom is 0.251 e. The molecule has 3 rings (SSSR count). The summed E-state index contributed by atoms with van der Waals surface area (Å²) in [5, 5.41) is 12.6. The van der Waals surface area contributed by atoms with Gasteiger partial charge in [-0.2, -0.15) is 4.98 Å². The Morgan fingerprint density at radius 1 is 1.11 bits per heavy atom. The highest BCUT2D eigenvalue weighted by Gasteiger charge is 2.10. The highest BCUT2D eigenvalue weighted by atomic mass is 35.5. The van der Waals surface area contributed by atoms with Crippen LogP contribution in [0.25, 0.3) is 11.5 Å². The van der Waals surface area contributed by atoms with E-state index in [2.05, 4.69) is 30.8 Å². The fraction of sp³-hybridized carbons (Fsp3) is 0.167. The van der Waals surface area contributed by atoms with Crippen LogP contribution in [0.3, 0.4) is 0 Å². The molecule has 0 saturated carbocycles. The third-order valence-electron chi connectivity index (χ3n) is 3.62. The van der Waals surface area contributed by atoms with Crippen LogP contribution in [0, 0.1) is 0 Å². The molecule has 0 aliphatic carbocycles. The van der Waals surface area contributed by atoms with Gasteiger partial charge in [0.2, 0.25) is 11.9 Å². The number of hydrogen-bond acceptors (Lipinski definition) is 5. The van der Waals surface area contributed by atoms with E-state index < -0.39 is 0 Å². The summed E-state index contributed by atoms with van der Waals surface area (Å²) in [5.74, 6) is 0.218. The van der Waals surface area contributed by atoms with Crippen LogP contribution in [-0.4, -0.2) is 38.5 Å². The lowest BCUT2D eigenvalue weighted by Gasteiger charge is -2.05. The van der Waals surface area contributed by atoms with Crippen molar-refractivity contribution >= 4 is 29.4 Å². The smallest absolute Gasteiger partial charge is 0.251 e. The molecule has 27 heavy (non-hydrogen) atoms. The second-order valence-corrected chi connectivity index (χ2v) is 6.07. The number of aromatic nitrogens is 4. The SMILES string of the molecule is O=C(CCCNC(=O)c1ccc(Cl)cc1)Nc1n[nH]c(-c2ccccn2)n1. The standard InChI is InChI=1S/C18H17ClN6O2/c19-13-8-6-12(7-9-13)17(27)21-11-3-5-15(26)22-18-23-16(24-25-18)14-4-1-2-10-20-14/h1-2,4,6-10H,3,5,11H2,(H,21,27)(H2,22,23,24,25,26). The zero-order valence-electron chi connectivity index (χ0n) is 14.3. The Kier molecular flexibility index (Phi) is 6.11. The van der Waals surface area contributed by atoms with Gasteiger partial charge in [-0.05, 0) is 42.8 Å². The molecule has 0 aliphatic rings. The first-order valence-corrected chi connectivity index (χ1v) is 8.67. The Balaban J connectivity index is 1.40. The van der Waals surface area contributed by atoms with Gasteiger partial charge in [-0.3, -0.25) is 25.0 Å². The largest absolute Gasteiger partial charge is 0.352 e. The molecular weight excluding hydrogens is 368 g/mol. The molecule has 0 aliphatic heterocycles. The highest BCUT2D eigenvalue weighted by molar-refractivity contribution is 6.30. The summed E-state index contributed by atoms with van der Waals surface area (Å²) in [4.78, 5) is 32.2. The minimum atomic E-state index is -0.234. The Morgan fingerprint density at radius 2 is 1.93 bits per heavy atom. The van der Waals surface area contributed by atoms with Gasteiger partial charge in [-0.15, -0.1) is 5.10 Å². The molecule has 0 spiro atoms. The van der Waals surface area contributed by atoms with Crippen molar-refractivity contribution < 1.29 is 9.59 Å². The average molecular weight is 385 g/mol. The second kappa shape index (κ2) is 8.91. The third-order valence-corrected chi connectivity index (χ3v) is 3.87. The summed E-state index contributed by atoms with van der Waals surface area (Å²) in [5.41, 5.74) is 1.15. The molecule has 2 heterocycles. The molecule has 0 bridgehead atoms. The summed E-state index contributed by atoms with van der Waals surface area (Å²) >= 11 is 5.79. The van der Waals surface area contributed by atoms with Gasteiger partial charge in [0.05, 0.1) is 0 Å². The van der Waals surface area contributed by atoms with E-state index in [0.717, 1.165) is 0 Å². The number of H-pyrrole nitrogens is 1. The van der Waals surface area contributed by atoms with E-state index in [-0.39, 0.29) is 24.2 Å². The Labute approximate surface area is 160 Å². The van der Waals surface area contributed by atoms with Crippen LogP contribution in [0.15, 0.2) is 48.7 Å². The number of anilines is 1. The Morgan fingerprint density at radius 3 is 2.67 bits per heavy atom. The molecular formula is C18H17ClN6O2. The summed E-state index contributed by atoms with van der Waals surface area (Å²) in [6.45, 7) is 0.377. The lowest BCUT2D eigenvalue weighted by Crippen LogP contribution is -2.25. The first kappa shape index (κ1) is 18.5. The lowest BCUT2D eigenvalue weighted by molar-refractivity contribution is -0.116. The number of halogens is 1. The molecule has 2 aromatic heterocycles. The molecule has 3 N–H and O–H groups in total. The fourth-order valence-electron chi connectivity index (χ4n) is 2.28. The van der Waals surface area contributed by atoms with Gasteiger partial charge in [-0.1, -0.05) is 17.7 Å². The summed E-state index contributed by atoms with van der Waals surface area (Å²) in [6.07, 6.45) is 2.37. The Hall–Kier alpha value is -3.26. The number of carbonyl (C=O) groups is 2. The van der Waals surface area contributed by atoms with Crippen molar-refractivity contribution in [1.82, 2.24) is 25.5 Å². The van der Waals surface area contributed by atoms with Crippen LogP contribution < -0.4 is 10.6 Å². The molecule has 3 aromatic rings. The number of amides is 2. The Bertz CT molecular complexity index is 911. The van der Waals surface area contributed by atoms with Crippen molar-refractivity contribution in [2.75, 3.05) is 11.9 Å². The van der Waals surface area contributed by atoms with Crippen molar-refractivity contribution in [1.29, 1.82) is 0 Å². The predicted octanol–water partition coefficient (Wildman–Crippen LogP) is 2.67. The van der Waals surface area contributed by atoms with Crippen LogP contribution in [0.2, 0.25) is 5.02 Å². The van der Waals surface area contributed by atoms with Gasteiger partial charge < -0.3 is 5.32 Å². The van der Waals surface area contributed by atoms with Crippen molar-refractivity contribution in [3.8, 4) is 11.5 Å². The molecule has 8 nitrogen and oxygen atoms in total. The number of nitrogens with one attached hydrogen (secondary N) is 3. The van der Waals surface area contributed by atoms with E-state index in [1.165, 1.54) is 0 Å². The first-order chi connectivity index (χ1) is 13.1. The van der Waals surface area contributed by atoms with Gasteiger partial charge in [0, 0.05) is 29.7 Å².